The second kappa shape index (κ2) is 7.08. The molecule has 0 aliphatic heterocycles. The lowest BCUT2D eigenvalue weighted by atomic mass is 10.2. The molecule has 1 heterocycles. The van der Waals surface area contributed by atoms with Gasteiger partial charge in [-0.1, -0.05) is 19.9 Å². The summed E-state index contributed by atoms with van der Waals surface area (Å²) in [7, 11) is 0. The van der Waals surface area contributed by atoms with Crippen LogP contribution in [0.5, 0.6) is 5.75 Å². The van der Waals surface area contributed by atoms with Crippen LogP contribution in [0.15, 0.2) is 29.6 Å². The van der Waals surface area contributed by atoms with Crippen molar-refractivity contribution in [1.82, 2.24) is 4.98 Å². The number of hydrogen-bond acceptors (Lipinski definition) is 5. The van der Waals surface area contributed by atoms with Crippen molar-refractivity contribution in [2.24, 2.45) is 0 Å². The smallest absolute Gasteiger partial charge is 0.229 e. The van der Waals surface area contributed by atoms with Crippen LogP contribution >= 0.6 is 11.3 Å². The molecule has 112 valence electrons. The van der Waals surface area contributed by atoms with Gasteiger partial charge in [0.05, 0.1) is 18.7 Å². The van der Waals surface area contributed by atoms with Crippen LogP contribution in [0.3, 0.4) is 0 Å². The minimum atomic E-state index is -0.108. The zero-order valence-electron chi connectivity index (χ0n) is 12.1. The van der Waals surface area contributed by atoms with E-state index in [0.29, 0.717) is 29.1 Å². The second-order valence-corrected chi connectivity index (χ2v) is 5.81. The van der Waals surface area contributed by atoms with Crippen molar-refractivity contribution in [3.05, 3.63) is 35.3 Å². The predicted molar refractivity (Wildman–Crippen MR) is 85.8 cm³/mol. The molecule has 0 atom stereocenters. The Morgan fingerprint density at radius 1 is 1.48 bits per heavy atom. The van der Waals surface area contributed by atoms with Gasteiger partial charge in [0.25, 0.3) is 0 Å². The van der Waals surface area contributed by atoms with Crippen molar-refractivity contribution >= 4 is 28.1 Å². The van der Waals surface area contributed by atoms with Gasteiger partial charge in [-0.25, -0.2) is 4.98 Å². The van der Waals surface area contributed by atoms with Crippen LogP contribution < -0.4 is 15.8 Å². The molecule has 0 spiro atoms. The van der Waals surface area contributed by atoms with E-state index in [4.69, 9.17) is 10.5 Å². The molecule has 0 aliphatic carbocycles. The number of carbonyl (C=O) groups excluding carboxylic acids is 1. The third kappa shape index (κ3) is 4.75. The summed E-state index contributed by atoms with van der Waals surface area (Å²) in [4.78, 5) is 16.2. The Morgan fingerprint density at radius 3 is 2.95 bits per heavy atom. The van der Waals surface area contributed by atoms with Gasteiger partial charge in [-0.05, 0) is 18.1 Å². The van der Waals surface area contributed by atoms with Crippen molar-refractivity contribution in [2.45, 2.75) is 26.2 Å². The first-order chi connectivity index (χ1) is 10.0. The number of rotatable bonds is 6. The molecule has 21 heavy (non-hydrogen) atoms. The van der Waals surface area contributed by atoms with Gasteiger partial charge in [0, 0.05) is 17.1 Å². The first kappa shape index (κ1) is 15.3. The third-order valence-electron chi connectivity index (χ3n) is 2.82. The van der Waals surface area contributed by atoms with Crippen molar-refractivity contribution in [3.8, 4) is 5.75 Å². The maximum Gasteiger partial charge on any atom is 0.229 e. The van der Waals surface area contributed by atoms with Gasteiger partial charge in [-0.2, -0.15) is 0 Å². The third-order valence-corrected chi connectivity index (χ3v) is 3.59. The van der Waals surface area contributed by atoms with Crippen LogP contribution in [0.1, 0.15) is 31.9 Å². The topological polar surface area (TPSA) is 77.2 Å². The molecule has 5 nitrogen and oxygen atoms in total. The van der Waals surface area contributed by atoms with E-state index in [1.54, 1.807) is 12.1 Å². The highest BCUT2D eigenvalue weighted by Crippen LogP contribution is 2.21. The SMILES string of the molecule is CC(C)c1csc(NC(=O)CCOc2cccc(N)c2)n1. The van der Waals surface area contributed by atoms with Crippen LogP contribution in [-0.2, 0) is 4.79 Å². The fourth-order valence-electron chi connectivity index (χ4n) is 1.66. The number of benzene rings is 1. The highest BCUT2D eigenvalue weighted by atomic mass is 32.1. The number of nitrogens with one attached hydrogen (secondary N) is 1. The maximum atomic E-state index is 11.8. The molecular formula is C15H19N3O2S. The molecule has 0 saturated heterocycles. The van der Waals surface area contributed by atoms with Crippen LogP contribution in [0.25, 0.3) is 0 Å². The molecule has 3 N–H and O–H groups in total. The van der Waals surface area contributed by atoms with E-state index < -0.39 is 0 Å². The molecule has 0 bridgehead atoms. The summed E-state index contributed by atoms with van der Waals surface area (Å²) in [6.45, 7) is 4.44. The Labute approximate surface area is 128 Å². The number of nitrogens with two attached hydrogens (primary N) is 1. The molecule has 0 saturated carbocycles. The summed E-state index contributed by atoms with van der Waals surface area (Å²) < 4.78 is 5.48. The van der Waals surface area contributed by atoms with Gasteiger partial charge in [-0.15, -0.1) is 11.3 Å². The Morgan fingerprint density at radius 2 is 2.29 bits per heavy atom. The number of aromatic nitrogens is 1. The summed E-state index contributed by atoms with van der Waals surface area (Å²) in [6, 6.07) is 7.14. The van der Waals surface area contributed by atoms with E-state index in [0.717, 1.165) is 5.69 Å². The van der Waals surface area contributed by atoms with Crippen LogP contribution in [0, 0.1) is 0 Å². The maximum absolute atomic E-state index is 11.8. The van der Waals surface area contributed by atoms with Crippen molar-refractivity contribution < 1.29 is 9.53 Å². The number of nitrogens with zero attached hydrogens (tertiary/aromatic N) is 1. The number of ether oxygens (including phenoxy) is 1. The van der Waals surface area contributed by atoms with Gasteiger partial charge < -0.3 is 15.8 Å². The van der Waals surface area contributed by atoms with E-state index in [1.165, 1.54) is 11.3 Å². The molecule has 1 amide bonds. The summed E-state index contributed by atoms with van der Waals surface area (Å²) >= 11 is 1.44. The minimum Gasteiger partial charge on any atom is -0.493 e. The predicted octanol–water partition coefficient (Wildman–Crippen LogP) is 3.26. The van der Waals surface area contributed by atoms with E-state index in [2.05, 4.69) is 24.1 Å². The van der Waals surface area contributed by atoms with Gasteiger partial charge >= 0.3 is 0 Å². The summed E-state index contributed by atoms with van der Waals surface area (Å²) in [6.07, 6.45) is 0.269. The van der Waals surface area contributed by atoms with E-state index in [-0.39, 0.29) is 12.3 Å². The molecule has 2 rings (SSSR count). The Kier molecular flexibility index (Phi) is 5.16. The standard InChI is InChI=1S/C15H19N3O2S/c1-10(2)13-9-21-15(17-13)18-14(19)6-7-20-12-5-3-4-11(16)8-12/h3-5,8-10H,6-7,16H2,1-2H3,(H,17,18,19). The summed E-state index contributed by atoms with van der Waals surface area (Å²) in [5.41, 5.74) is 7.28. The molecule has 0 radical (unpaired) electrons. The van der Waals surface area contributed by atoms with Crippen LogP contribution in [0.2, 0.25) is 0 Å². The number of amides is 1. The molecule has 2 aromatic rings. The largest absolute Gasteiger partial charge is 0.493 e. The van der Waals surface area contributed by atoms with Crippen molar-refractivity contribution in [3.63, 3.8) is 0 Å². The fourth-order valence-corrected chi connectivity index (χ4v) is 2.54. The van der Waals surface area contributed by atoms with E-state index >= 15 is 0 Å². The molecule has 6 heteroatoms. The number of hydrogen-bond donors (Lipinski definition) is 2. The van der Waals surface area contributed by atoms with Crippen LogP contribution in [0.4, 0.5) is 10.8 Å². The van der Waals surface area contributed by atoms with Gasteiger partial charge in [0.2, 0.25) is 5.91 Å². The van der Waals surface area contributed by atoms with Gasteiger partial charge in [0.1, 0.15) is 5.75 Å². The Hall–Kier alpha value is -2.08. The lowest BCUT2D eigenvalue weighted by Gasteiger charge is -2.06. The number of nitrogen functional groups attached to an aromatic ring is 1. The first-order valence-electron chi connectivity index (χ1n) is 6.78. The van der Waals surface area contributed by atoms with Crippen molar-refractivity contribution in [2.75, 3.05) is 17.7 Å². The quantitative estimate of drug-likeness (QED) is 0.803. The Balaban J connectivity index is 1.77. The fraction of sp³-hybridized carbons (Fsp3) is 0.333. The molecule has 1 aromatic heterocycles. The molecular weight excluding hydrogens is 286 g/mol. The summed E-state index contributed by atoms with van der Waals surface area (Å²) in [5.74, 6) is 0.918. The normalized spacial score (nSPS) is 10.6. The molecule has 0 fully saturated rings. The molecule has 1 aromatic carbocycles. The van der Waals surface area contributed by atoms with Gasteiger partial charge in [0.15, 0.2) is 5.13 Å². The van der Waals surface area contributed by atoms with Crippen molar-refractivity contribution in [1.29, 1.82) is 0 Å². The monoisotopic (exact) mass is 305 g/mol. The Bertz CT molecular complexity index is 610. The zero-order valence-corrected chi connectivity index (χ0v) is 12.9. The van der Waals surface area contributed by atoms with Gasteiger partial charge in [-0.3, -0.25) is 4.79 Å². The average molecular weight is 305 g/mol. The summed E-state index contributed by atoms with van der Waals surface area (Å²) in [5, 5.41) is 5.37. The molecule has 0 unspecified atom stereocenters. The second-order valence-electron chi connectivity index (χ2n) is 4.95. The average Bonchev–Trinajstić information content (AvgIpc) is 2.87. The number of thiazole rings is 1. The molecule has 0 aliphatic rings. The number of anilines is 2. The van der Waals surface area contributed by atoms with E-state index in [9.17, 15) is 4.79 Å². The lowest BCUT2D eigenvalue weighted by molar-refractivity contribution is -0.116. The highest BCUT2D eigenvalue weighted by Gasteiger charge is 2.09. The van der Waals surface area contributed by atoms with E-state index in [1.807, 2.05) is 17.5 Å². The lowest BCUT2D eigenvalue weighted by Crippen LogP contribution is -2.15. The highest BCUT2D eigenvalue weighted by molar-refractivity contribution is 7.13. The minimum absolute atomic E-state index is 0.108. The van der Waals surface area contributed by atoms with Crippen LogP contribution in [-0.4, -0.2) is 17.5 Å². The zero-order chi connectivity index (χ0) is 15.2. The number of carbonyl (C=O) groups is 1. The first-order valence-corrected chi connectivity index (χ1v) is 7.66.